The molecular weight excluding hydrogens is 314 g/mol. The van der Waals surface area contributed by atoms with Crippen LogP contribution in [-0.4, -0.2) is 119 Å². The van der Waals surface area contributed by atoms with E-state index in [0.717, 1.165) is 0 Å². The van der Waals surface area contributed by atoms with E-state index in [1.165, 1.54) is 0 Å². The van der Waals surface area contributed by atoms with E-state index in [1.54, 1.807) is 0 Å². The van der Waals surface area contributed by atoms with Gasteiger partial charge in [-0.15, -0.1) is 0 Å². The van der Waals surface area contributed by atoms with E-state index in [4.69, 9.17) is 34.3 Å². The molecule has 0 saturated carbocycles. The van der Waals surface area contributed by atoms with E-state index in [2.05, 4.69) is 0 Å². The third-order valence-corrected chi connectivity index (χ3v) is 0. The molecule has 12 heteroatoms. The predicted molar refractivity (Wildman–Crippen MR) is 30.3 cm³/mol. The standard InChI is InChI=1S/CH2O3.3Ca.K.H3O4P/c2-1(3)4;;;;;1-5(2,3)4/h(H2,2,3,4);;;;;(H3,1,2,3,4)/q;3*+2;+1;/p-5. The summed E-state index contributed by atoms with van der Waals surface area (Å²) in [6, 6.07) is 0. The maximum atomic E-state index is 8.55. The number of phosphoric acid groups is 1. The molecule has 7 nitrogen and oxygen atoms in total. The molecule has 0 fully saturated rings. The molecule has 0 aliphatic rings. The number of carboxylic acid groups (broad SMARTS) is 2. The van der Waals surface area contributed by atoms with Crippen molar-refractivity contribution in [1.29, 1.82) is 0 Å². The largest absolute Gasteiger partial charge is 2.00 e. The summed E-state index contributed by atoms with van der Waals surface area (Å²) in [6.45, 7) is 0. The molecule has 0 bridgehead atoms. The Balaban J connectivity index is -0.0000000146. The average Bonchev–Trinajstić information content (AvgIpc) is 1.19. The number of hydrogen-bond donors (Lipinski definition) is 0. The van der Waals surface area contributed by atoms with Gasteiger partial charge in [0.15, 0.2) is 0 Å². The molecule has 0 heterocycles. The summed E-state index contributed by atoms with van der Waals surface area (Å²) in [5.74, 6) is 0. The molecule has 0 atom stereocenters. The Morgan fingerprint density at radius 2 is 0.923 bits per heavy atom. The molecule has 0 aromatic carbocycles. The first kappa shape index (κ1) is 36.1. The molecule has 0 radical (unpaired) electrons. The van der Waals surface area contributed by atoms with Crippen LogP contribution >= 0.6 is 7.82 Å². The van der Waals surface area contributed by atoms with Crippen LogP contribution in [0.4, 0.5) is 4.79 Å². The van der Waals surface area contributed by atoms with Gasteiger partial charge in [0.05, 0.1) is 0 Å². The van der Waals surface area contributed by atoms with Gasteiger partial charge in [-0.1, -0.05) is 0 Å². The van der Waals surface area contributed by atoms with Crippen LogP contribution in [0.15, 0.2) is 0 Å². The zero-order chi connectivity index (χ0) is 8.08. The van der Waals surface area contributed by atoms with Gasteiger partial charge < -0.3 is 34.3 Å². The van der Waals surface area contributed by atoms with Gasteiger partial charge in [0.25, 0.3) is 0 Å². The molecule has 0 aromatic heterocycles. The fraction of sp³-hybridized carbons (Fsp3) is 0. The third kappa shape index (κ3) is 160. The zero-order valence-electron chi connectivity index (χ0n) is 6.93. The molecule has 0 spiro atoms. The SMILES string of the molecule is O=C([O-])[O-].O=P([O-])([O-])[O-].[Ca+2].[Ca+2].[Ca+2].[K+]. The molecule has 13 heavy (non-hydrogen) atoms. The molecule has 0 aromatic rings. The fourth-order valence-corrected chi connectivity index (χ4v) is 0. The third-order valence-electron chi connectivity index (χ3n) is 0. The number of carbonyl (C=O) groups excluding carboxylic acids is 1. The van der Waals surface area contributed by atoms with Crippen LogP contribution in [-0.2, 0) is 4.57 Å². The van der Waals surface area contributed by atoms with Crippen LogP contribution in [0.2, 0.25) is 0 Å². The van der Waals surface area contributed by atoms with E-state index in [1.807, 2.05) is 0 Å². The topological polar surface area (TPSA) is 149 Å². The summed E-state index contributed by atoms with van der Waals surface area (Å²) >= 11 is 0. The monoisotopic (exact) mass is 314 g/mol. The minimum Gasteiger partial charge on any atom is -0.822 e. The number of hydrogen-bond acceptors (Lipinski definition) is 7. The Labute approximate surface area is 207 Å². The van der Waals surface area contributed by atoms with Crippen LogP contribution in [0.5, 0.6) is 0 Å². The molecule has 0 unspecified atom stereocenters. The van der Waals surface area contributed by atoms with Gasteiger partial charge in [-0.05, 0) is 6.16 Å². The Kier molecular flexibility index (Phi) is 61.1. The average molecular weight is 314 g/mol. The van der Waals surface area contributed by atoms with Gasteiger partial charge in [-0.2, -0.15) is 7.82 Å². The van der Waals surface area contributed by atoms with Gasteiger partial charge in [0, 0.05) is 0 Å². The van der Waals surface area contributed by atoms with Gasteiger partial charge >= 0.3 is 165 Å². The van der Waals surface area contributed by atoms with Crippen molar-refractivity contribution in [3.63, 3.8) is 0 Å². The van der Waals surface area contributed by atoms with Crippen molar-refractivity contribution in [3.05, 3.63) is 0 Å². The van der Waals surface area contributed by atoms with Gasteiger partial charge in [0.2, 0.25) is 0 Å². The van der Waals surface area contributed by atoms with Gasteiger partial charge in [-0.25, -0.2) is 0 Å². The number of rotatable bonds is 0. The summed E-state index contributed by atoms with van der Waals surface area (Å²) in [4.78, 5) is 34.0. The van der Waals surface area contributed by atoms with Gasteiger partial charge in [-0.3, -0.25) is 0 Å². The maximum absolute atomic E-state index is 8.55. The Morgan fingerprint density at radius 3 is 0.923 bits per heavy atom. The van der Waals surface area contributed by atoms with Crippen LogP contribution < -0.4 is 76.3 Å². The van der Waals surface area contributed by atoms with Gasteiger partial charge in [0.1, 0.15) is 0 Å². The molecule has 56 valence electrons. The normalized spacial score (nSPS) is 6.38. The first-order valence-electron chi connectivity index (χ1n) is 1.34. The molecule has 0 aliphatic heterocycles. The minimum absolute atomic E-state index is 0. The second kappa shape index (κ2) is 22.0. The summed E-state index contributed by atoms with van der Waals surface area (Å²) in [6.07, 6.45) is -2.33. The van der Waals surface area contributed by atoms with Crippen molar-refractivity contribution in [3.8, 4) is 0 Å². The first-order valence-corrected chi connectivity index (χ1v) is 2.80. The van der Waals surface area contributed by atoms with E-state index < -0.39 is 14.0 Å². The second-order valence-electron chi connectivity index (χ2n) is 0.697. The van der Waals surface area contributed by atoms with E-state index in [-0.39, 0.29) is 165 Å². The van der Waals surface area contributed by atoms with Crippen LogP contribution in [0, 0.1) is 0 Å². The maximum Gasteiger partial charge on any atom is 2.00 e. The summed E-state index contributed by atoms with van der Waals surface area (Å²) in [5.41, 5.74) is 0. The van der Waals surface area contributed by atoms with Crippen LogP contribution in [0.25, 0.3) is 0 Å². The first-order chi connectivity index (χ1) is 3.73. The smallest absolute Gasteiger partial charge is 0.822 e. The molecule has 0 rings (SSSR count). The Morgan fingerprint density at radius 1 is 0.923 bits per heavy atom. The van der Waals surface area contributed by atoms with Crippen molar-refractivity contribution >= 4 is 127 Å². The molecule has 0 aliphatic carbocycles. The van der Waals surface area contributed by atoms with Crippen molar-refractivity contribution in [1.82, 2.24) is 0 Å². The Bertz CT molecular complexity index is 123. The van der Waals surface area contributed by atoms with E-state index >= 15 is 0 Å². The van der Waals surface area contributed by atoms with Crippen LogP contribution in [0.1, 0.15) is 0 Å². The summed E-state index contributed by atoms with van der Waals surface area (Å²) < 4.78 is 8.55. The fourth-order valence-electron chi connectivity index (χ4n) is 0. The van der Waals surface area contributed by atoms with E-state index in [0.29, 0.717) is 0 Å². The molecule has 0 saturated heterocycles. The predicted octanol–water partition coefficient (Wildman–Crippen LogP) is -9.41. The minimum atomic E-state index is -5.39. The molecule has 0 N–H and O–H groups in total. The summed E-state index contributed by atoms with van der Waals surface area (Å²) in [5, 5.41) is 16.7. The van der Waals surface area contributed by atoms with E-state index in [9.17, 15) is 0 Å². The van der Waals surface area contributed by atoms with Crippen molar-refractivity contribution in [2.45, 2.75) is 0 Å². The van der Waals surface area contributed by atoms with Crippen LogP contribution in [0.3, 0.4) is 0 Å². The molecule has 0 amide bonds. The van der Waals surface area contributed by atoms with Crippen molar-refractivity contribution in [2.75, 3.05) is 0 Å². The Hall–Kier alpha value is 4.80. The zero-order valence-corrected chi connectivity index (χ0v) is 17.6. The summed E-state index contributed by atoms with van der Waals surface area (Å²) in [7, 11) is -5.39. The molecular formula is CCa3KO7P+2. The second-order valence-corrected chi connectivity index (χ2v) is 1.59. The quantitative estimate of drug-likeness (QED) is 0.318. The number of carbonyl (C=O) groups is 1. The van der Waals surface area contributed by atoms with Crippen molar-refractivity contribution in [2.24, 2.45) is 0 Å². The van der Waals surface area contributed by atoms with Crippen molar-refractivity contribution < 1.29 is 85.6 Å².